The molecule has 2 aromatic carbocycles. The first kappa shape index (κ1) is 28.3. The summed E-state index contributed by atoms with van der Waals surface area (Å²) in [7, 11) is 0.208. The van der Waals surface area contributed by atoms with Gasteiger partial charge in [-0.2, -0.15) is 5.10 Å². The second kappa shape index (κ2) is 11.3. The lowest BCUT2D eigenvalue weighted by Gasteiger charge is -2.22. The minimum Gasteiger partial charge on any atom is -0.494 e. The van der Waals surface area contributed by atoms with E-state index in [-0.39, 0.29) is 17.6 Å². The van der Waals surface area contributed by atoms with Crippen LogP contribution in [0.5, 0.6) is 11.5 Å². The van der Waals surface area contributed by atoms with Crippen LogP contribution in [0.4, 0.5) is 5.95 Å². The second-order valence-corrected chi connectivity index (χ2v) is 11.6. The molecule has 0 aliphatic carbocycles. The maximum atomic E-state index is 13.8. The number of halogens is 1. The van der Waals surface area contributed by atoms with E-state index in [4.69, 9.17) is 25.8 Å². The van der Waals surface area contributed by atoms with Crippen LogP contribution in [0.3, 0.4) is 0 Å². The highest BCUT2D eigenvalue weighted by Crippen LogP contribution is 2.39. The number of rotatable bonds is 10. The minimum absolute atomic E-state index is 0.132. The summed E-state index contributed by atoms with van der Waals surface area (Å²) < 4.78 is 48.3. The number of benzene rings is 2. The van der Waals surface area contributed by atoms with Gasteiger partial charge in [-0.05, 0) is 49.7 Å². The Morgan fingerprint density at radius 3 is 2.34 bits per heavy atom. The number of ether oxygens (including phenoxy) is 3. The topological polar surface area (TPSA) is 159 Å². The molecule has 2 unspecified atom stereocenters. The fourth-order valence-electron chi connectivity index (χ4n) is 4.36. The number of sulfonamides is 1. The van der Waals surface area contributed by atoms with Crippen molar-refractivity contribution >= 4 is 38.5 Å². The molecule has 0 amide bonds. The summed E-state index contributed by atoms with van der Waals surface area (Å²) in [5, 5.41) is 15.9. The predicted octanol–water partition coefficient (Wildman–Crippen LogP) is 4.10. The Bertz CT molecular complexity index is 1780. The summed E-state index contributed by atoms with van der Waals surface area (Å²) in [5.74, 6) is 1.05. The number of methoxy groups -OCH3 is 3. The summed E-state index contributed by atoms with van der Waals surface area (Å²) in [6.07, 6.45) is 2.22. The Hall–Kier alpha value is -4.27. The van der Waals surface area contributed by atoms with Crippen molar-refractivity contribution in [2.24, 2.45) is 0 Å². The van der Waals surface area contributed by atoms with Gasteiger partial charge in [0.05, 0.1) is 19.7 Å². The third-order valence-corrected chi connectivity index (χ3v) is 8.41. The van der Waals surface area contributed by atoms with Crippen molar-refractivity contribution in [3.8, 4) is 28.7 Å². The molecule has 0 radical (unpaired) electrons. The van der Waals surface area contributed by atoms with Gasteiger partial charge < -0.3 is 14.2 Å². The second-order valence-electron chi connectivity index (χ2n) is 9.08. The molecule has 5 aromatic rings. The summed E-state index contributed by atoms with van der Waals surface area (Å²) in [5.41, 5.74) is 2.26. The van der Waals surface area contributed by atoms with Crippen molar-refractivity contribution in [1.29, 1.82) is 0 Å². The predicted molar refractivity (Wildman–Crippen MR) is 153 cm³/mol. The lowest BCUT2D eigenvalue weighted by Crippen LogP contribution is -2.33. The number of hydrogen-bond donors (Lipinski definition) is 2. The van der Waals surface area contributed by atoms with E-state index in [0.29, 0.717) is 38.8 Å². The molecular formula is C26H27ClN8O5S. The van der Waals surface area contributed by atoms with Crippen molar-refractivity contribution in [3.63, 3.8) is 0 Å². The van der Waals surface area contributed by atoms with Crippen LogP contribution in [0.15, 0.2) is 48.8 Å². The van der Waals surface area contributed by atoms with Crippen LogP contribution < -0.4 is 14.2 Å². The molecule has 0 fully saturated rings. The Balaban J connectivity index is 1.67. The van der Waals surface area contributed by atoms with E-state index < -0.39 is 21.4 Å². The third kappa shape index (κ3) is 5.28. The largest absolute Gasteiger partial charge is 0.494 e. The van der Waals surface area contributed by atoms with E-state index in [1.165, 1.54) is 32.8 Å². The number of hydrogen-bond acceptors (Lipinski definition) is 10. The number of para-hydroxylation sites is 1. The molecule has 0 aliphatic heterocycles. The van der Waals surface area contributed by atoms with Crippen LogP contribution in [0.25, 0.3) is 28.1 Å². The number of anilines is 1. The number of fused-ring (bicyclic) bond motifs is 1. The average Bonchev–Trinajstić information content (AvgIpc) is 3.56. The molecule has 0 saturated carbocycles. The standard InChI is InChI=1S/C26H27ClN8O5S/c1-14-12-28-24(29-13-14)23(40-5)15(2)41(36,37)34-26-33-32-25(21-17-11-16(27)9-10-18(17)30-31-21)35(26)22-19(38-3)7-6-8-20(22)39-4/h6-13,15,23H,1-5H3,(H,30,31)(H,33,34). The van der Waals surface area contributed by atoms with Crippen LogP contribution in [-0.2, 0) is 14.8 Å². The number of aromatic nitrogens is 7. The van der Waals surface area contributed by atoms with Gasteiger partial charge in [0.2, 0.25) is 16.0 Å². The molecule has 13 nitrogen and oxygen atoms in total. The van der Waals surface area contributed by atoms with Gasteiger partial charge in [0, 0.05) is 29.9 Å². The zero-order chi connectivity index (χ0) is 29.3. The van der Waals surface area contributed by atoms with Gasteiger partial charge in [0.1, 0.15) is 34.2 Å². The molecule has 0 aliphatic rings. The maximum Gasteiger partial charge on any atom is 0.243 e. The van der Waals surface area contributed by atoms with E-state index in [2.05, 4.69) is 35.1 Å². The van der Waals surface area contributed by atoms with Crippen molar-refractivity contribution in [2.45, 2.75) is 25.2 Å². The smallest absolute Gasteiger partial charge is 0.243 e. The van der Waals surface area contributed by atoms with E-state index in [9.17, 15) is 8.42 Å². The summed E-state index contributed by atoms with van der Waals surface area (Å²) >= 11 is 6.28. The fraction of sp³-hybridized carbons (Fsp3) is 0.269. The summed E-state index contributed by atoms with van der Waals surface area (Å²) in [4.78, 5) is 8.52. The number of H-pyrrole nitrogens is 1. The highest BCUT2D eigenvalue weighted by atomic mass is 35.5. The van der Waals surface area contributed by atoms with Gasteiger partial charge in [0.15, 0.2) is 11.6 Å². The maximum absolute atomic E-state index is 13.8. The van der Waals surface area contributed by atoms with Crippen molar-refractivity contribution < 1.29 is 22.6 Å². The Morgan fingerprint density at radius 2 is 1.71 bits per heavy atom. The van der Waals surface area contributed by atoms with Crippen LogP contribution >= 0.6 is 11.6 Å². The molecule has 2 N–H and O–H groups in total. The first-order valence-electron chi connectivity index (χ1n) is 12.3. The van der Waals surface area contributed by atoms with E-state index >= 15 is 0 Å². The first-order valence-corrected chi connectivity index (χ1v) is 14.2. The molecule has 5 rings (SSSR count). The molecule has 0 bridgehead atoms. The number of nitrogens with zero attached hydrogens (tertiary/aromatic N) is 6. The van der Waals surface area contributed by atoms with Crippen LogP contribution in [-0.4, -0.2) is 69.9 Å². The summed E-state index contributed by atoms with van der Waals surface area (Å²) in [6, 6.07) is 10.4. The van der Waals surface area contributed by atoms with Crippen LogP contribution in [0, 0.1) is 6.92 Å². The molecular weight excluding hydrogens is 572 g/mol. The third-order valence-electron chi connectivity index (χ3n) is 6.48. The highest BCUT2D eigenvalue weighted by Gasteiger charge is 2.35. The highest BCUT2D eigenvalue weighted by molar-refractivity contribution is 7.93. The molecule has 15 heteroatoms. The Morgan fingerprint density at radius 1 is 1.02 bits per heavy atom. The fourth-order valence-corrected chi connectivity index (χ4v) is 5.67. The Kier molecular flexibility index (Phi) is 7.80. The van der Waals surface area contributed by atoms with Gasteiger partial charge in [-0.25, -0.2) is 18.4 Å². The van der Waals surface area contributed by atoms with Gasteiger partial charge in [-0.1, -0.05) is 17.7 Å². The number of nitrogens with one attached hydrogen (secondary N) is 2. The molecule has 0 spiro atoms. The molecule has 0 saturated heterocycles. The van der Waals surface area contributed by atoms with Gasteiger partial charge in [-0.15, -0.1) is 10.2 Å². The SMILES string of the molecule is COc1cccc(OC)c1-n1c(NS(=O)(=O)C(C)C(OC)c2ncc(C)cn2)nnc1-c1n[nH]c2ccc(Cl)cc12. The van der Waals surface area contributed by atoms with Crippen LogP contribution in [0.1, 0.15) is 24.4 Å². The quantitative estimate of drug-likeness (QED) is 0.240. The van der Waals surface area contributed by atoms with Crippen molar-refractivity contribution in [1.82, 2.24) is 34.9 Å². The zero-order valence-electron chi connectivity index (χ0n) is 22.8. The normalized spacial score (nSPS) is 13.2. The Labute approximate surface area is 240 Å². The number of aryl methyl sites for hydroxylation is 1. The lowest BCUT2D eigenvalue weighted by atomic mass is 10.2. The van der Waals surface area contributed by atoms with Gasteiger partial charge in [0.25, 0.3) is 0 Å². The zero-order valence-corrected chi connectivity index (χ0v) is 24.4. The minimum atomic E-state index is -4.17. The lowest BCUT2D eigenvalue weighted by molar-refractivity contribution is 0.0949. The van der Waals surface area contributed by atoms with Gasteiger partial charge in [-0.3, -0.25) is 14.4 Å². The van der Waals surface area contributed by atoms with Crippen molar-refractivity contribution in [2.75, 3.05) is 26.1 Å². The molecule has 214 valence electrons. The van der Waals surface area contributed by atoms with E-state index in [0.717, 1.165) is 5.56 Å². The van der Waals surface area contributed by atoms with Crippen LogP contribution in [0.2, 0.25) is 5.02 Å². The average molecular weight is 599 g/mol. The van der Waals surface area contributed by atoms with Gasteiger partial charge >= 0.3 is 0 Å². The molecule has 3 heterocycles. The molecule has 3 aromatic heterocycles. The monoisotopic (exact) mass is 598 g/mol. The van der Waals surface area contributed by atoms with E-state index in [1.807, 2.05) is 6.92 Å². The molecule has 2 atom stereocenters. The summed E-state index contributed by atoms with van der Waals surface area (Å²) in [6.45, 7) is 3.33. The van der Waals surface area contributed by atoms with E-state index in [1.54, 1.807) is 48.8 Å². The first-order chi connectivity index (χ1) is 19.7. The molecule has 41 heavy (non-hydrogen) atoms. The number of aromatic amines is 1. The van der Waals surface area contributed by atoms with Crippen molar-refractivity contribution in [3.05, 3.63) is 65.2 Å².